The molecule has 0 saturated carbocycles. The number of fused-ring (bicyclic) bond motifs is 1. The molecule has 0 aliphatic rings. The predicted molar refractivity (Wildman–Crippen MR) is 86.6 cm³/mol. The molecule has 3 aromatic rings. The molecule has 21 heavy (non-hydrogen) atoms. The number of aliphatic imine (C=N–C) groups is 1. The number of para-hydroxylation sites is 1. The van der Waals surface area contributed by atoms with Crippen LogP contribution >= 0.6 is 0 Å². The van der Waals surface area contributed by atoms with Crippen LogP contribution in [0, 0.1) is 0 Å². The predicted octanol–water partition coefficient (Wildman–Crippen LogP) is 4.38. The van der Waals surface area contributed by atoms with Gasteiger partial charge in [-0.05, 0) is 43.3 Å². The summed E-state index contributed by atoms with van der Waals surface area (Å²) in [5.41, 5.74) is 2.95. The summed E-state index contributed by atoms with van der Waals surface area (Å²) < 4.78 is 5.42. The van der Waals surface area contributed by atoms with Crippen LogP contribution in [0.25, 0.3) is 10.9 Å². The quantitative estimate of drug-likeness (QED) is 0.662. The maximum atomic E-state index is 5.42. The van der Waals surface area contributed by atoms with Crippen LogP contribution in [0.4, 0.5) is 5.69 Å². The third-order valence-electron chi connectivity index (χ3n) is 3.18. The highest BCUT2D eigenvalue weighted by molar-refractivity contribution is 5.98. The molecular weight excluding hydrogens is 260 g/mol. The third-order valence-corrected chi connectivity index (χ3v) is 3.18. The van der Waals surface area contributed by atoms with Crippen molar-refractivity contribution < 1.29 is 4.74 Å². The second kappa shape index (κ2) is 6.18. The van der Waals surface area contributed by atoms with Crippen LogP contribution in [-0.2, 0) is 0 Å². The van der Waals surface area contributed by atoms with E-state index in [2.05, 4.69) is 16.0 Å². The molecule has 0 spiro atoms. The van der Waals surface area contributed by atoms with Gasteiger partial charge < -0.3 is 4.74 Å². The van der Waals surface area contributed by atoms with Crippen LogP contribution < -0.4 is 4.74 Å². The van der Waals surface area contributed by atoms with Gasteiger partial charge in [0, 0.05) is 23.4 Å². The molecule has 0 radical (unpaired) electrons. The van der Waals surface area contributed by atoms with Crippen molar-refractivity contribution in [2.24, 2.45) is 4.99 Å². The molecule has 0 atom stereocenters. The minimum Gasteiger partial charge on any atom is -0.494 e. The highest BCUT2D eigenvalue weighted by Gasteiger charge is 1.98. The summed E-state index contributed by atoms with van der Waals surface area (Å²) in [6.07, 6.45) is 3.68. The van der Waals surface area contributed by atoms with Crippen LogP contribution in [0.15, 0.2) is 65.8 Å². The number of hydrogen-bond acceptors (Lipinski definition) is 3. The zero-order valence-electron chi connectivity index (χ0n) is 11.9. The van der Waals surface area contributed by atoms with Crippen molar-refractivity contribution in [3.63, 3.8) is 0 Å². The number of nitrogens with zero attached hydrogens (tertiary/aromatic N) is 2. The largest absolute Gasteiger partial charge is 0.494 e. The average molecular weight is 276 g/mol. The number of ether oxygens (including phenoxy) is 1. The fourth-order valence-electron chi connectivity index (χ4n) is 2.17. The fourth-order valence-corrected chi connectivity index (χ4v) is 2.17. The maximum absolute atomic E-state index is 5.42. The van der Waals surface area contributed by atoms with Gasteiger partial charge >= 0.3 is 0 Å². The van der Waals surface area contributed by atoms with Gasteiger partial charge in [0.05, 0.1) is 17.8 Å². The summed E-state index contributed by atoms with van der Waals surface area (Å²) in [7, 11) is 0. The minimum absolute atomic E-state index is 0.672. The smallest absolute Gasteiger partial charge is 0.119 e. The van der Waals surface area contributed by atoms with Crippen molar-refractivity contribution in [3.05, 3.63) is 66.4 Å². The lowest BCUT2D eigenvalue weighted by Gasteiger charge is -2.02. The van der Waals surface area contributed by atoms with Crippen molar-refractivity contribution in [2.45, 2.75) is 6.92 Å². The lowest BCUT2D eigenvalue weighted by atomic mass is 10.1. The van der Waals surface area contributed by atoms with Gasteiger partial charge in [-0.15, -0.1) is 0 Å². The molecular formula is C18H16N2O. The summed E-state index contributed by atoms with van der Waals surface area (Å²) in [5.74, 6) is 0.866. The maximum Gasteiger partial charge on any atom is 0.119 e. The summed E-state index contributed by atoms with van der Waals surface area (Å²) in [5, 5.41) is 1.11. The Hall–Kier alpha value is -2.68. The summed E-state index contributed by atoms with van der Waals surface area (Å²) in [6, 6.07) is 17.8. The van der Waals surface area contributed by atoms with Crippen molar-refractivity contribution in [1.82, 2.24) is 4.98 Å². The first-order valence-electron chi connectivity index (χ1n) is 6.97. The van der Waals surface area contributed by atoms with Crippen molar-refractivity contribution >= 4 is 22.8 Å². The molecule has 3 rings (SSSR count). The molecule has 0 aliphatic heterocycles. The van der Waals surface area contributed by atoms with Crippen LogP contribution in [-0.4, -0.2) is 17.8 Å². The van der Waals surface area contributed by atoms with Gasteiger partial charge in [0.2, 0.25) is 0 Å². The van der Waals surface area contributed by atoms with E-state index in [0.29, 0.717) is 6.61 Å². The number of pyridine rings is 1. The lowest BCUT2D eigenvalue weighted by Crippen LogP contribution is -1.90. The van der Waals surface area contributed by atoms with Gasteiger partial charge in [0.25, 0.3) is 0 Å². The third kappa shape index (κ3) is 3.08. The standard InChI is InChI=1S/C18H16N2O/c1-2-21-16-9-7-15(8-10-16)20-13-14-11-12-19-18-6-4-3-5-17(14)18/h3-13H,2H2,1H3. The Morgan fingerprint density at radius 2 is 1.86 bits per heavy atom. The van der Waals surface area contributed by atoms with E-state index in [9.17, 15) is 0 Å². The normalized spacial score (nSPS) is 11.1. The van der Waals surface area contributed by atoms with Crippen LogP contribution in [0.2, 0.25) is 0 Å². The molecule has 0 N–H and O–H groups in total. The molecule has 0 amide bonds. The van der Waals surface area contributed by atoms with E-state index in [4.69, 9.17) is 4.74 Å². The van der Waals surface area contributed by atoms with Crippen LogP contribution in [0.5, 0.6) is 5.75 Å². The summed E-state index contributed by atoms with van der Waals surface area (Å²) >= 11 is 0. The Morgan fingerprint density at radius 3 is 2.67 bits per heavy atom. The summed E-state index contributed by atoms with van der Waals surface area (Å²) in [6.45, 7) is 2.65. The fraction of sp³-hybridized carbons (Fsp3) is 0.111. The Balaban J connectivity index is 1.87. The highest BCUT2D eigenvalue weighted by Crippen LogP contribution is 2.19. The molecule has 1 aromatic heterocycles. The molecule has 0 unspecified atom stereocenters. The van der Waals surface area contributed by atoms with E-state index in [0.717, 1.165) is 27.9 Å². The van der Waals surface area contributed by atoms with E-state index in [1.807, 2.05) is 67.9 Å². The number of hydrogen-bond donors (Lipinski definition) is 0. The molecule has 3 nitrogen and oxygen atoms in total. The zero-order chi connectivity index (χ0) is 14.5. The zero-order valence-corrected chi connectivity index (χ0v) is 11.9. The number of benzene rings is 2. The van der Waals surface area contributed by atoms with Gasteiger partial charge in [-0.3, -0.25) is 9.98 Å². The van der Waals surface area contributed by atoms with Gasteiger partial charge in [-0.1, -0.05) is 18.2 Å². The first-order chi connectivity index (χ1) is 10.4. The Labute approximate surface area is 123 Å². The summed E-state index contributed by atoms with van der Waals surface area (Å²) in [4.78, 5) is 8.87. The van der Waals surface area contributed by atoms with E-state index < -0.39 is 0 Å². The van der Waals surface area contributed by atoms with E-state index in [1.165, 1.54) is 0 Å². The van der Waals surface area contributed by atoms with E-state index in [1.54, 1.807) is 0 Å². The molecule has 0 fully saturated rings. The molecule has 0 aliphatic carbocycles. The molecule has 0 bridgehead atoms. The van der Waals surface area contributed by atoms with Gasteiger partial charge in [-0.2, -0.15) is 0 Å². The molecule has 2 aromatic carbocycles. The second-order valence-corrected chi connectivity index (χ2v) is 4.60. The van der Waals surface area contributed by atoms with Gasteiger partial charge in [0.15, 0.2) is 0 Å². The molecule has 1 heterocycles. The molecule has 3 heteroatoms. The number of rotatable bonds is 4. The van der Waals surface area contributed by atoms with Crippen LogP contribution in [0.3, 0.4) is 0 Å². The molecule has 0 saturated heterocycles. The van der Waals surface area contributed by atoms with Gasteiger partial charge in [-0.25, -0.2) is 0 Å². The molecule has 104 valence electrons. The topological polar surface area (TPSA) is 34.5 Å². The average Bonchev–Trinajstić information content (AvgIpc) is 2.54. The van der Waals surface area contributed by atoms with E-state index in [-0.39, 0.29) is 0 Å². The van der Waals surface area contributed by atoms with E-state index >= 15 is 0 Å². The van der Waals surface area contributed by atoms with Crippen molar-refractivity contribution in [3.8, 4) is 5.75 Å². The van der Waals surface area contributed by atoms with Gasteiger partial charge in [0.1, 0.15) is 5.75 Å². The Kier molecular flexibility index (Phi) is 3.92. The van der Waals surface area contributed by atoms with Crippen molar-refractivity contribution in [1.29, 1.82) is 0 Å². The lowest BCUT2D eigenvalue weighted by molar-refractivity contribution is 0.340. The monoisotopic (exact) mass is 276 g/mol. The first kappa shape index (κ1) is 13.3. The Morgan fingerprint density at radius 1 is 1.05 bits per heavy atom. The van der Waals surface area contributed by atoms with Crippen molar-refractivity contribution in [2.75, 3.05) is 6.61 Å². The highest BCUT2D eigenvalue weighted by atomic mass is 16.5. The SMILES string of the molecule is CCOc1ccc(N=Cc2ccnc3ccccc23)cc1. The van der Waals surface area contributed by atoms with Crippen LogP contribution in [0.1, 0.15) is 12.5 Å². The second-order valence-electron chi connectivity index (χ2n) is 4.60. The minimum atomic E-state index is 0.672. The Bertz CT molecular complexity index is 758. The number of aromatic nitrogens is 1. The first-order valence-corrected chi connectivity index (χ1v) is 6.97.